The summed E-state index contributed by atoms with van der Waals surface area (Å²) in [5, 5.41) is 0. The molecule has 0 saturated carbocycles. The predicted molar refractivity (Wildman–Crippen MR) is 122 cm³/mol. The summed E-state index contributed by atoms with van der Waals surface area (Å²) in [5.74, 6) is 0.985. The molecule has 164 valence electrons. The van der Waals surface area contributed by atoms with Crippen LogP contribution in [0.25, 0.3) is 0 Å². The van der Waals surface area contributed by atoms with Crippen molar-refractivity contribution >= 4 is 5.91 Å². The number of rotatable bonds is 5. The molecule has 1 amide bonds. The predicted octanol–water partition coefficient (Wildman–Crippen LogP) is 3.89. The topological polar surface area (TPSA) is 58.6 Å². The molecule has 0 aliphatic carbocycles. The molecule has 5 rings (SSSR count). The van der Waals surface area contributed by atoms with Crippen LogP contribution in [0.5, 0.6) is 5.75 Å². The summed E-state index contributed by atoms with van der Waals surface area (Å²) in [5.41, 5.74) is 2.83. The molecule has 3 aromatic rings. The van der Waals surface area contributed by atoms with Crippen LogP contribution in [0.1, 0.15) is 40.5 Å². The minimum Gasteiger partial charge on any atom is -0.487 e. The van der Waals surface area contributed by atoms with Crippen molar-refractivity contribution < 1.29 is 9.53 Å². The fourth-order valence-corrected chi connectivity index (χ4v) is 4.79. The van der Waals surface area contributed by atoms with Gasteiger partial charge in [0.1, 0.15) is 11.9 Å². The van der Waals surface area contributed by atoms with Crippen molar-refractivity contribution in [2.75, 3.05) is 19.6 Å². The van der Waals surface area contributed by atoms with Crippen molar-refractivity contribution in [3.05, 3.63) is 90.0 Å². The standard InChI is InChI=1S/C26H28N4O2/c1-19-7-8-21(17-28-19)26(31)29-15-11-22(12-16-29)30-18-24(32-23-5-3-2-4-6-23)25(30)20-9-13-27-14-10-20/h2-10,13-14,17,22,24-25H,11-12,15-16,18H2,1H3. The van der Waals surface area contributed by atoms with Crippen LogP contribution in [0.3, 0.4) is 0 Å². The highest BCUT2D eigenvalue weighted by Crippen LogP contribution is 2.40. The van der Waals surface area contributed by atoms with Gasteiger partial charge in [-0.15, -0.1) is 0 Å². The first-order chi connectivity index (χ1) is 15.7. The van der Waals surface area contributed by atoms with Crippen LogP contribution in [0.4, 0.5) is 0 Å². The molecule has 2 atom stereocenters. The monoisotopic (exact) mass is 428 g/mol. The number of piperidine rings is 1. The van der Waals surface area contributed by atoms with Crippen LogP contribution in [0.15, 0.2) is 73.2 Å². The summed E-state index contributed by atoms with van der Waals surface area (Å²) in [4.78, 5) is 25.8. The van der Waals surface area contributed by atoms with Gasteiger partial charge in [0.2, 0.25) is 0 Å². The fraction of sp³-hybridized carbons (Fsp3) is 0.346. The van der Waals surface area contributed by atoms with Gasteiger partial charge in [0.25, 0.3) is 5.91 Å². The molecule has 2 aliphatic heterocycles. The quantitative estimate of drug-likeness (QED) is 0.617. The summed E-state index contributed by atoms with van der Waals surface area (Å²) in [6, 6.07) is 18.6. The van der Waals surface area contributed by atoms with E-state index >= 15 is 0 Å². The van der Waals surface area contributed by atoms with E-state index in [1.54, 1.807) is 6.20 Å². The molecule has 6 heteroatoms. The number of aromatic nitrogens is 2. The van der Waals surface area contributed by atoms with Gasteiger partial charge >= 0.3 is 0 Å². The van der Waals surface area contributed by atoms with Gasteiger partial charge in [0.05, 0.1) is 11.6 Å². The molecule has 32 heavy (non-hydrogen) atoms. The Morgan fingerprint density at radius 3 is 2.44 bits per heavy atom. The molecule has 2 fully saturated rings. The normalized spacial score (nSPS) is 21.7. The molecule has 0 spiro atoms. The first kappa shape index (κ1) is 20.6. The maximum Gasteiger partial charge on any atom is 0.255 e. The van der Waals surface area contributed by atoms with Crippen LogP contribution in [-0.2, 0) is 0 Å². The number of hydrogen-bond acceptors (Lipinski definition) is 5. The number of benzene rings is 1. The molecule has 2 aliphatic rings. The number of hydrogen-bond donors (Lipinski definition) is 0. The zero-order valence-corrected chi connectivity index (χ0v) is 18.3. The molecule has 0 N–H and O–H groups in total. The maximum absolute atomic E-state index is 12.9. The summed E-state index contributed by atoms with van der Waals surface area (Å²) >= 11 is 0. The Labute approximate surface area is 188 Å². The van der Waals surface area contributed by atoms with Gasteiger partial charge in [-0.2, -0.15) is 0 Å². The van der Waals surface area contributed by atoms with Crippen LogP contribution in [0, 0.1) is 6.92 Å². The van der Waals surface area contributed by atoms with Gasteiger partial charge in [0, 0.05) is 50.0 Å². The number of para-hydroxylation sites is 1. The maximum atomic E-state index is 12.9. The molecular weight excluding hydrogens is 400 g/mol. The van der Waals surface area contributed by atoms with Gasteiger partial charge in [0.15, 0.2) is 0 Å². The highest BCUT2D eigenvalue weighted by atomic mass is 16.5. The smallest absolute Gasteiger partial charge is 0.255 e. The van der Waals surface area contributed by atoms with Crippen molar-refractivity contribution in [3.8, 4) is 5.75 Å². The van der Waals surface area contributed by atoms with Crippen LogP contribution < -0.4 is 4.74 Å². The average molecular weight is 429 g/mol. The average Bonchev–Trinajstić information content (AvgIpc) is 2.83. The lowest BCUT2D eigenvalue weighted by Gasteiger charge is -2.53. The summed E-state index contributed by atoms with van der Waals surface area (Å²) in [6.07, 6.45) is 7.42. The van der Waals surface area contributed by atoms with E-state index in [2.05, 4.69) is 27.0 Å². The van der Waals surface area contributed by atoms with Crippen molar-refractivity contribution in [1.29, 1.82) is 0 Å². The third-order valence-electron chi connectivity index (χ3n) is 6.56. The van der Waals surface area contributed by atoms with E-state index < -0.39 is 0 Å². The number of carbonyl (C=O) groups excluding carboxylic acids is 1. The first-order valence-electron chi connectivity index (χ1n) is 11.3. The van der Waals surface area contributed by atoms with E-state index in [-0.39, 0.29) is 18.1 Å². The number of likely N-dealkylation sites (tertiary alicyclic amines) is 2. The second kappa shape index (κ2) is 9.09. The Morgan fingerprint density at radius 2 is 1.75 bits per heavy atom. The van der Waals surface area contributed by atoms with Crippen molar-refractivity contribution in [2.45, 2.75) is 38.0 Å². The number of ether oxygens (including phenoxy) is 1. The Kier molecular flexibility index (Phi) is 5.86. The first-order valence-corrected chi connectivity index (χ1v) is 11.3. The second-order valence-corrected chi connectivity index (χ2v) is 8.60. The summed E-state index contributed by atoms with van der Waals surface area (Å²) in [6.45, 7) is 4.35. The van der Waals surface area contributed by atoms with E-state index in [1.165, 1.54) is 5.56 Å². The van der Waals surface area contributed by atoms with Gasteiger partial charge in [-0.25, -0.2) is 0 Å². The fourth-order valence-electron chi connectivity index (χ4n) is 4.79. The van der Waals surface area contributed by atoms with E-state index in [4.69, 9.17) is 4.74 Å². The molecule has 2 unspecified atom stereocenters. The Hall–Kier alpha value is -3.25. The van der Waals surface area contributed by atoms with E-state index in [1.807, 2.05) is 66.7 Å². The molecule has 1 aromatic carbocycles. The number of pyridine rings is 2. The molecule has 0 bridgehead atoms. The third-order valence-corrected chi connectivity index (χ3v) is 6.56. The van der Waals surface area contributed by atoms with E-state index in [0.717, 1.165) is 43.9 Å². The van der Waals surface area contributed by atoms with Crippen molar-refractivity contribution in [2.24, 2.45) is 0 Å². The minimum absolute atomic E-state index is 0.0792. The number of carbonyl (C=O) groups is 1. The third kappa shape index (κ3) is 4.23. The van der Waals surface area contributed by atoms with Crippen LogP contribution in [0.2, 0.25) is 0 Å². The molecule has 4 heterocycles. The van der Waals surface area contributed by atoms with Crippen molar-refractivity contribution in [1.82, 2.24) is 19.8 Å². The van der Waals surface area contributed by atoms with Crippen LogP contribution in [-0.4, -0.2) is 57.5 Å². The number of aryl methyl sites for hydroxylation is 1. The number of nitrogens with zero attached hydrogens (tertiary/aromatic N) is 4. The van der Waals surface area contributed by atoms with E-state index in [0.29, 0.717) is 11.6 Å². The zero-order valence-electron chi connectivity index (χ0n) is 18.3. The zero-order chi connectivity index (χ0) is 21.9. The molecular formula is C26H28N4O2. The summed E-state index contributed by atoms with van der Waals surface area (Å²) < 4.78 is 6.33. The van der Waals surface area contributed by atoms with Gasteiger partial charge in [-0.1, -0.05) is 18.2 Å². The highest BCUT2D eigenvalue weighted by Gasteiger charge is 2.46. The number of amides is 1. The van der Waals surface area contributed by atoms with Gasteiger partial charge < -0.3 is 9.64 Å². The molecule has 2 saturated heterocycles. The van der Waals surface area contributed by atoms with E-state index in [9.17, 15) is 4.79 Å². The van der Waals surface area contributed by atoms with Gasteiger partial charge in [-0.3, -0.25) is 19.7 Å². The SMILES string of the molecule is Cc1ccc(C(=O)N2CCC(N3CC(Oc4ccccc4)C3c3ccncc3)CC2)cn1. The van der Waals surface area contributed by atoms with Gasteiger partial charge in [-0.05, 0) is 61.7 Å². The lowest BCUT2D eigenvalue weighted by molar-refractivity contribution is -0.0842. The highest BCUT2D eigenvalue weighted by molar-refractivity contribution is 5.94. The summed E-state index contributed by atoms with van der Waals surface area (Å²) in [7, 11) is 0. The second-order valence-electron chi connectivity index (χ2n) is 8.60. The molecule has 6 nitrogen and oxygen atoms in total. The van der Waals surface area contributed by atoms with Crippen molar-refractivity contribution in [3.63, 3.8) is 0 Å². The Balaban J connectivity index is 1.25. The van der Waals surface area contributed by atoms with Crippen LogP contribution >= 0.6 is 0 Å². The molecule has 2 aromatic heterocycles. The Morgan fingerprint density at radius 1 is 1.00 bits per heavy atom. The lowest BCUT2D eigenvalue weighted by atomic mass is 9.87. The Bertz CT molecular complexity index is 1030. The largest absolute Gasteiger partial charge is 0.487 e. The lowest BCUT2D eigenvalue weighted by Crippen LogP contribution is -2.61. The minimum atomic E-state index is 0.0792. The molecule has 0 radical (unpaired) electrons.